The second-order valence-electron chi connectivity index (χ2n) is 8.18. The molecular formula is C22H31N3S. The van der Waals surface area contributed by atoms with Crippen molar-refractivity contribution >= 4 is 11.3 Å². The molecule has 1 fully saturated rings. The van der Waals surface area contributed by atoms with Crippen LogP contribution in [0, 0.1) is 0 Å². The average Bonchev–Trinajstić information content (AvgIpc) is 3.16. The highest BCUT2D eigenvalue weighted by Crippen LogP contribution is 2.34. The molecule has 0 unspecified atom stereocenters. The molecule has 0 atom stereocenters. The van der Waals surface area contributed by atoms with Gasteiger partial charge in [0.05, 0.1) is 10.7 Å². The van der Waals surface area contributed by atoms with Gasteiger partial charge in [-0.3, -0.25) is 0 Å². The van der Waals surface area contributed by atoms with Crippen molar-refractivity contribution in [1.82, 2.24) is 14.8 Å². The van der Waals surface area contributed by atoms with Gasteiger partial charge in [0, 0.05) is 30.0 Å². The molecule has 4 heteroatoms. The fourth-order valence-electron chi connectivity index (χ4n) is 4.25. The molecule has 0 bridgehead atoms. The van der Waals surface area contributed by atoms with Gasteiger partial charge in [0.15, 0.2) is 0 Å². The van der Waals surface area contributed by atoms with Gasteiger partial charge in [0.2, 0.25) is 0 Å². The first-order chi connectivity index (χ1) is 12.7. The first-order valence-corrected chi connectivity index (χ1v) is 11.0. The number of likely N-dealkylation sites (tertiary alicyclic amines) is 1. The van der Waals surface area contributed by atoms with Crippen molar-refractivity contribution in [2.24, 2.45) is 0 Å². The number of rotatable bonds is 5. The molecule has 2 aliphatic rings. The zero-order chi connectivity index (χ0) is 17.9. The van der Waals surface area contributed by atoms with E-state index >= 15 is 0 Å². The van der Waals surface area contributed by atoms with Crippen LogP contribution in [0.2, 0.25) is 0 Å². The van der Waals surface area contributed by atoms with E-state index in [2.05, 4.69) is 47.5 Å². The van der Waals surface area contributed by atoms with Gasteiger partial charge in [-0.1, -0.05) is 12.1 Å². The Morgan fingerprint density at radius 2 is 1.88 bits per heavy atom. The number of hydrogen-bond donors (Lipinski definition) is 0. The van der Waals surface area contributed by atoms with Gasteiger partial charge < -0.3 is 9.80 Å². The summed E-state index contributed by atoms with van der Waals surface area (Å²) in [5.41, 5.74) is 5.61. The number of benzene rings is 1. The third kappa shape index (κ3) is 4.19. The van der Waals surface area contributed by atoms with E-state index in [-0.39, 0.29) is 0 Å². The lowest BCUT2D eigenvalue weighted by Crippen LogP contribution is -2.37. The summed E-state index contributed by atoms with van der Waals surface area (Å²) in [6.07, 6.45) is 7.69. The van der Waals surface area contributed by atoms with E-state index < -0.39 is 0 Å². The van der Waals surface area contributed by atoms with Crippen molar-refractivity contribution in [1.29, 1.82) is 0 Å². The Morgan fingerprint density at radius 3 is 2.65 bits per heavy atom. The minimum atomic E-state index is 0.655. The van der Waals surface area contributed by atoms with Gasteiger partial charge in [-0.05, 0) is 82.9 Å². The van der Waals surface area contributed by atoms with Crippen LogP contribution in [0.4, 0.5) is 0 Å². The number of fused-ring (bicyclic) bond motifs is 1. The van der Waals surface area contributed by atoms with Crippen molar-refractivity contribution in [2.75, 3.05) is 40.3 Å². The van der Waals surface area contributed by atoms with Crippen LogP contribution >= 0.6 is 11.3 Å². The largest absolute Gasteiger partial charge is 0.308 e. The highest BCUT2D eigenvalue weighted by atomic mass is 32.1. The zero-order valence-corrected chi connectivity index (χ0v) is 17.0. The van der Waals surface area contributed by atoms with Crippen molar-refractivity contribution in [2.45, 2.75) is 44.4 Å². The van der Waals surface area contributed by atoms with Crippen LogP contribution in [0.25, 0.3) is 11.3 Å². The molecule has 0 radical (unpaired) electrons. The third-order valence-electron chi connectivity index (χ3n) is 5.97. The summed E-state index contributed by atoms with van der Waals surface area (Å²) in [4.78, 5) is 9.93. The SMILES string of the molecule is CN(C)CCN1CCC(c2nc(-c3ccc4c(c3)CCCC4)cs2)CC1. The molecule has 0 spiro atoms. The number of aromatic nitrogens is 1. The average molecular weight is 370 g/mol. The quantitative estimate of drug-likeness (QED) is 0.777. The van der Waals surface area contributed by atoms with E-state index in [1.165, 1.54) is 74.4 Å². The van der Waals surface area contributed by atoms with E-state index in [0.717, 1.165) is 6.54 Å². The Bertz CT molecular complexity index is 729. The second kappa shape index (κ2) is 8.20. The van der Waals surface area contributed by atoms with Crippen molar-refractivity contribution in [3.05, 3.63) is 39.7 Å². The van der Waals surface area contributed by atoms with Crippen LogP contribution in [0.1, 0.15) is 47.7 Å². The first-order valence-electron chi connectivity index (χ1n) is 10.1. The Hall–Kier alpha value is -1.23. The smallest absolute Gasteiger partial charge is 0.0964 e. The molecule has 1 aromatic heterocycles. The molecule has 2 aromatic rings. The van der Waals surface area contributed by atoms with Crippen LogP contribution in [0.3, 0.4) is 0 Å². The summed E-state index contributed by atoms with van der Waals surface area (Å²) in [6.45, 7) is 4.78. The highest BCUT2D eigenvalue weighted by Gasteiger charge is 2.23. The molecule has 0 amide bonds. The standard InChI is InChI=1S/C22H31N3S/c1-24(2)13-14-25-11-9-18(10-12-25)22-23-21(16-26-22)20-8-7-17-5-3-4-6-19(17)15-20/h7-8,15-16,18H,3-6,9-14H2,1-2H3. The number of nitrogens with zero attached hydrogens (tertiary/aromatic N) is 3. The van der Waals surface area contributed by atoms with Gasteiger partial charge in [-0.25, -0.2) is 4.98 Å². The molecule has 0 saturated carbocycles. The maximum Gasteiger partial charge on any atom is 0.0964 e. The van der Waals surface area contributed by atoms with Crippen molar-refractivity contribution < 1.29 is 0 Å². The van der Waals surface area contributed by atoms with Crippen LogP contribution in [0.15, 0.2) is 23.6 Å². The summed E-state index contributed by atoms with van der Waals surface area (Å²) in [5.74, 6) is 0.655. The Labute approximate surface area is 162 Å². The van der Waals surface area contributed by atoms with E-state index in [0.29, 0.717) is 5.92 Å². The number of piperidine rings is 1. The first kappa shape index (κ1) is 18.1. The van der Waals surface area contributed by atoms with Gasteiger partial charge >= 0.3 is 0 Å². The number of aryl methyl sites for hydroxylation is 2. The maximum absolute atomic E-state index is 5.04. The molecule has 3 nitrogen and oxygen atoms in total. The predicted molar refractivity (Wildman–Crippen MR) is 111 cm³/mol. The third-order valence-corrected chi connectivity index (χ3v) is 6.97. The molecule has 1 saturated heterocycles. The fourth-order valence-corrected chi connectivity index (χ4v) is 5.25. The van der Waals surface area contributed by atoms with Crippen LogP contribution in [-0.4, -0.2) is 55.1 Å². The Morgan fingerprint density at radius 1 is 1.12 bits per heavy atom. The Kier molecular flexibility index (Phi) is 5.72. The predicted octanol–water partition coefficient (Wildman–Crippen LogP) is 4.43. The number of likely N-dealkylation sites (N-methyl/N-ethyl adjacent to an activating group) is 1. The minimum absolute atomic E-state index is 0.655. The lowest BCUT2D eigenvalue weighted by atomic mass is 9.90. The molecule has 1 aliphatic heterocycles. The monoisotopic (exact) mass is 369 g/mol. The van der Waals surface area contributed by atoms with Crippen molar-refractivity contribution in [3.63, 3.8) is 0 Å². The molecule has 1 aliphatic carbocycles. The molecule has 2 heterocycles. The van der Waals surface area contributed by atoms with Crippen LogP contribution < -0.4 is 0 Å². The van der Waals surface area contributed by atoms with E-state index in [4.69, 9.17) is 4.98 Å². The Balaban J connectivity index is 1.39. The summed E-state index contributed by atoms with van der Waals surface area (Å²) in [7, 11) is 4.31. The summed E-state index contributed by atoms with van der Waals surface area (Å²) >= 11 is 1.87. The van der Waals surface area contributed by atoms with Crippen molar-refractivity contribution in [3.8, 4) is 11.3 Å². The summed E-state index contributed by atoms with van der Waals surface area (Å²) in [6, 6.07) is 7.02. The fraction of sp³-hybridized carbons (Fsp3) is 0.591. The molecule has 0 N–H and O–H groups in total. The van der Waals surface area contributed by atoms with Crippen LogP contribution in [0.5, 0.6) is 0 Å². The topological polar surface area (TPSA) is 19.4 Å². The molecule has 26 heavy (non-hydrogen) atoms. The van der Waals surface area contributed by atoms with Gasteiger partial charge in [0.1, 0.15) is 0 Å². The maximum atomic E-state index is 5.04. The van der Waals surface area contributed by atoms with Gasteiger partial charge in [-0.15, -0.1) is 11.3 Å². The molecule has 4 rings (SSSR count). The second-order valence-corrected chi connectivity index (χ2v) is 9.07. The summed E-state index contributed by atoms with van der Waals surface area (Å²) in [5, 5.41) is 3.63. The van der Waals surface area contributed by atoms with E-state index in [1.54, 1.807) is 11.1 Å². The highest BCUT2D eigenvalue weighted by molar-refractivity contribution is 7.10. The van der Waals surface area contributed by atoms with E-state index in [9.17, 15) is 0 Å². The van der Waals surface area contributed by atoms with E-state index in [1.807, 2.05) is 11.3 Å². The molecule has 1 aromatic carbocycles. The van der Waals surface area contributed by atoms with Gasteiger partial charge in [0.25, 0.3) is 0 Å². The molecule has 140 valence electrons. The normalized spacial score (nSPS) is 19.0. The molecular weight excluding hydrogens is 338 g/mol. The number of thiazole rings is 1. The lowest BCUT2D eigenvalue weighted by Gasteiger charge is -2.31. The zero-order valence-electron chi connectivity index (χ0n) is 16.2. The van der Waals surface area contributed by atoms with Gasteiger partial charge in [-0.2, -0.15) is 0 Å². The number of hydrogen-bond acceptors (Lipinski definition) is 4. The summed E-state index contributed by atoms with van der Waals surface area (Å²) < 4.78 is 0. The minimum Gasteiger partial charge on any atom is -0.308 e. The van der Waals surface area contributed by atoms with Crippen LogP contribution in [-0.2, 0) is 12.8 Å². The lowest BCUT2D eigenvalue weighted by molar-refractivity contribution is 0.193.